The summed E-state index contributed by atoms with van der Waals surface area (Å²) in [6.07, 6.45) is -0.230. The third-order valence-corrected chi connectivity index (χ3v) is 4.73. The molecule has 2 heterocycles. The maximum Gasteiger partial charge on any atom is 0.410 e. The van der Waals surface area contributed by atoms with Gasteiger partial charge < -0.3 is 14.5 Å². The Morgan fingerprint density at radius 2 is 2.05 bits per heavy atom. The maximum atomic E-state index is 12.2. The van der Waals surface area contributed by atoms with Crippen molar-refractivity contribution < 1.29 is 9.53 Å². The molecule has 0 aromatic carbocycles. The summed E-state index contributed by atoms with van der Waals surface area (Å²) in [6, 6.07) is 4.23. The minimum atomic E-state index is -0.456. The maximum absolute atomic E-state index is 12.2. The number of nitrogens with zero attached hydrogens (tertiary/aromatic N) is 3. The molecule has 6 heteroatoms. The third-order valence-electron chi connectivity index (χ3n) is 3.59. The van der Waals surface area contributed by atoms with E-state index < -0.39 is 5.60 Å². The van der Waals surface area contributed by atoms with Crippen LogP contribution in [0.5, 0.6) is 0 Å². The highest BCUT2D eigenvalue weighted by molar-refractivity contribution is 14.1. The lowest BCUT2D eigenvalue weighted by Crippen LogP contribution is -2.55. The predicted molar refractivity (Wildman–Crippen MR) is 96.3 cm³/mol. The summed E-state index contributed by atoms with van der Waals surface area (Å²) in [5, 5.41) is 0. The topological polar surface area (TPSA) is 45.7 Å². The molecular formula is C16H24IN3O2. The third kappa shape index (κ3) is 4.24. The molecule has 0 aliphatic carbocycles. The predicted octanol–water partition coefficient (Wildman–Crippen LogP) is 3.44. The summed E-state index contributed by atoms with van der Waals surface area (Å²) < 4.78 is 6.64. The lowest BCUT2D eigenvalue weighted by Gasteiger charge is -2.40. The SMILES string of the molecule is Cc1nc(N2CCN(C(=O)OC(C)(C)C)[C@@H](C)C2)ccc1I. The van der Waals surface area contributed by atoms with Crippen molar-refractivity contribution in [2.75, 3.05) is 24.5 Å². The number of pyridine rings is 1. The summed E-state index contributed by atoms with van der Waals surface area (Å²) in [5.41, 5.74) is 0.586. The number of ether oxygens (including phenoxy) is 1. The van der Waals surface area contributed by atoms with Crippen LogP contribution in [0.25, 0.3) is 0 Å². The summed E-state index contributed by atoms with van der Waals surface area (Å²) in [7, 11) is 0. The van der Waals surface area contributed by atoms with Crippen LogP contribution in [-0.2, 0) is 4.74 Å². The lowest BCUT2D eigenvalue weighted by atomic mass is 10.2. The Morgan fingerprint density at radius 3 is 2.59 bits per heavy atom. The van der Waals surface area contributed by atoms with E-state index in [1.165, 1.54) is 3.57 Å². The number of carbonyl (C=O) groups excluding carboxylic acids is 1. The molecule has 2 rings (SSSR count). The van der Waals surface area contributed by atoms with Crippen molar-refractivity contribution in [3.05, 3.63) is 21.4 Å². The monoisotopic (exact) mass is 417 g/mol. The van der Waals surface area contributed by atoms with Gasteiger partial charge in [0.05, 0.1) is 5.69 Å². The fourth-order valence-corrected chi connectivity index (χ4v) is 2.76. The van der Waals surface area contributed by atoms with Gasteiger partial charge in [-0.3, -0.25) is 0 Å². The number of halogens is 1. The van der Waals surface area contributed by atoms with E-state index in [1.54, 1.807) is 4.90 Å². The van der Waals surface area contributed by atoms with Crippen molar-refractivity contribution in [3.8, 4) is 0 Å². The van der Waals surface area contributed by atoms with Gasteiger partial charge >= 0.3 is 6.09 Å². The highest BCUT2D eigenvalue weighted by Gasteiger charge is 2.31. The molecule has 1 fully saturated rings. The summed E-state index contributed by atoms with van der Waals surface area (Å²) >= 11 is 2.29. The number of aryl methyl sites for hydroxylation is 1. The average Bonchev–Trinajstić information content (AvgIpc) is 2.39. The second kappa shape index (κ2) is 6.60. The fraction of sp³-hybridized carbons (Fsp3) is 0.625. The minimum absolute atomic E-state index is 0.102. The van der Waals surface area contributed by atoms with Crippen molar-refractivity contribution in [2.45, 2.75) is 46.3 Å². The molecule has 5 nitrogen and oxygen atoms in total. The van der Waals surface area contributed by atoms with Crippen LogP contribution in [0.4, 0.5) is 10.6 Å². The molecule has 0 unspecified atom stereocenters. The normalized spacial score (nSPS) is 19.3. The summed E-state index contributed by atoms with van der Waals surface area (Å²) in [5.74, 6) is 0.980. The number of rotatable bonds is 1. The quantitative estimate of drug-likeness (QED) is 0.657. The molecule has 1 amide bonds. The minimum Gasteiger partial charge on any atom is -0.444 e. The number of aromatic nitrogens is 1. The largest absolute Gasteiger partial charge is 0.444 e. The molecule has 1 aromatic heterocycles. The molecule has 0 saturated carbocycles. The lowest BCUT2D eigenvalue weighted by molar-refractivity contribution is 0.0158. The Kier molecular flexibility index (Phi) is 5.19. The number of hydrogen-bond acceptors (Lipinski definition) is 4. The van der Waals surface area contributed by atoms with Crippen LogP contribution in [0.3, 0.4) is 0 Å². The van der Waals surface area contributed by atoms with Crippen LogP contribution < -0.4 is 4.90 Å². The molecular weight excluding hydrogens is 393 g/mol. The van der Waals surface area contributed by atoms with E-state index in [-0.39, 0.29) is 12.1 Å². The van der Waals surface area contributed by atoms with Gasteiger partial charge in [-0.05, 0) is 69.3 Å². The average molecular weight is 417 g/mol. The Morgan fingerprint density at radius 1 is 1.36 bits per heavy atom. The van der Waals surface area contributed by atoms with Gasteiger partial charge in [-0.1, -0.05) is 0 Å². The second-order valence-corrected chi connectivity index (χ2v) is 7.87. The van der Waals surface area contributed by atoms with E-state index in [9.17, 15) is 4.79 Å². The van der Waals surface area contributed by atoms with Crippen molar-refractivity contribution in [1.82, 2.24) is 9.88 Å². The van der Waals surface area contributed by atoms with Crippen LogP contribution in [-0.4, -0.2) is 47.3 Å². The number of carbonyl (C=O) groups is 1. The van der Waals surface area contributed by atoms with Crippen molar-refractivity contribution >= 4 is 34.5 Å². The Bertz CT molecular complexity index is 557. The Balaban J connectivity index is 2.03. The second-order valence-electron chi connectivity index (χ2n) is 6.71. The van der Waals surface area contributed by atoms with Crippen LogP contribution in [0.1, 0.15) is 33.4 Å². The van der Waals surface area contributed by atoms with Crippen molar-refractivity contribution in [1.29, 1.82) is 0 Å². The zero-order chi connectivity index (χ0) is 16.5. The van der Waals surface area contributed by atoms with E-state index in [4.69, 9.17) is 4.74 Å². The molecule has 1 aromatic rings. The van der Waals surface area contributed by atoms with Crippen LogP contribution in [0.2, 0.25) is 0 Å². The number of hydrogen-bond donors (Lipinski definition) is 0. The van der Waals surface area contributed by atoms with E-state index >= 15 is 0 Å². The molecule has 1 aliphatic heterocycles. The van der Waals surface area contributed by atoms with Crippen LogP contribution in [0.15, 0.2) is 12.1 Å². The molecule has 1 saturated heterocycles. The molecule has 122 valence electrons. The summed E-state index contributed by atoms with van der Waals surface area (Å²) in [6.45, 7) is 11.9. The van der Waals surface area contributed by atoms with Crippen LogP contribution in [0, 0.1) is 10.5 Å². The standard InChI is InChI=1S/C16H24IN3O2/c1-11-10-19(14-7-6-13(17)12(2)18-14)8-9-20(11)15(21)22-16(3,4)5/h6-7,11H,8-10H2,1-5H3/t11-/m0/s1. The molecule has 0 radical (unpaired) electrons. The Hall–Kier alpha value is -1.05. The van der Waals surface area contributed by atoms with Crippen molar-refractivity contribution in [3.63, 3.8) is 0 Å². The van der Waals surface area contributed by atoms with Crippen LogP contribution >= 0.6 is 22.6 Å². The fourth-order valence-electron chi connectivity index (χ4n) is 2.46. The number of anilines is 1. The first-order valence-electron chi connectivity index (χ1n) is 7.55. The smallest absolute Gasteiger partial charge is 0.410 e. The van der Waals surface area contributed by atoms with Gasteiger partial charge in [-0.15, -0.1) is 0 Å². The van der Waals surface area contributed by atoms with E-state index in [1.807, 2.05) is 33.8 Å². The number of amides is 1. The zero-order valence-electron chi connectivity index (χ0n) is 13.9. The van der Waals surface area contributed by atoms with E-state index in [0.29, 0.717) is 6.54 Å². The first-order valence-corrected chi connectivity index (χ1v) is 8.63. The van der Waals surface area contributed by atoms with E-state index in [0.717, 1.165) is 24.6 Å². The molecule has 22 heavy (non-hydrogen) atoms. The van der Waals surface area contributed by atoms with Gasteiger partial charge in [-0.25, -0.2) is 9.78 Å². The van der Waals surface area contributed by atoms with Gasteiger partial charge in [0.25, 0.3) is 0 Å². The Labute approximate surface area is 146 Å². The highest BCUT2D eigenvalue weighted by Crippen LogP contribution is 2.21. The first-order chi connectivity index (χ1) is 10.2. The zero-order valence-corrected chi connectivity index (χ0v) is 16.0. The molecule has 0 spiro atoms. The molecule has 0 bridgehead atoms. The van der Waals surface area contributed by atoms with Gasteiger partial charge in [0.2, 0.25) is 0 Å². The molecule has 1 aliphatic rings. The van der Waals surface area contributed by atoms with Gasteiger partial charge in [-0.2, -0.15) is 0 Å². The van der Waals surface area contributed by atoms with Crippen molar-refractivity contribution in [2.24, 2.45) is 0 Å². The molecule has 0 N–H and O–H groups in total. The summed E-state index contributed by atoms with van der Waals surface area (Å²) in [4.78, 5) is 20.9. The first kappa shape index (κ1) is 17.3. The van der Waals surface area contributed by atoms with E-state index in [2.05, 4.69) is 45.5 Å². The van der Waals surface area contributed by atoms with Gasteiger partial charge in [0.1, 0.15) is 11.4 Å². The molecule has 1 atom stereocenters. The van der Waals surface area contributed by atoms with Gasteiger partial charge in [0, 0.05) is 29.2 Å². The highest BCUT2D eigenvalue weighted by atomic mass is 127. The number of piperazine rings is 1. The van der Waals surface area contributed by atoms with Gasteiger partial charge in [0.15, 0.2) is 0 Å².